The number of piperidine rings is 1. The fourth-order valence-corrected chi connectivity index (χ4v) is 10.3. The maximum atomic E-state index is 14.4. The van der Waals surface area contributed by atoms with Crippen molar-refractivity contribution in [1.29, 1.82) is 0 Å². The van der Waals surface area contributed by atoms with E-state index in [2.05, 4.69) is 6.92 Å². The highest BCUT2D eigenvalue weighted by Gasteiger charge is 2.53. The van der Waals surface area contributed by atoms with E-state index < -0.39 is 72.0 Å². The highest BCUT2D eigenvalue weighted by atomic mass is 16.6. The highest BCUT2D eigenvalue weighted by molar-refractivity contribution is 6.39. The van der Waals surface area contributed by atoms with Crippen molar-refractivity contribution in [3.05, 3.63) is 47.6 Å². The predicted molar refractivity (Wildman–Crippen MR) is 245 cm³/mol. The largest absolute Gasteiger partial charge is 0.461 e. The molecule has 0 aromatic carbocycles. The number of fused-ring (bicyclic) bond motifs is 3. The van der Waals surface area contributed by atoms with Gasteiger partial charge in [0.05, 0.1) is 24.4 Å². The minimum absolute atomic E-state index is 0.0678. The second-order valence-corrected chi connectivity index (χ2v) is 19.7. The number of hydrogen-bond acceptors (Lipinski definition) is 12. The smallest absolute Gasteiger partial charge is 0.329 e. The Morgan fingerprint density at radius 2 is 1.55 bits per heavy atom. The third kappa shape index (κ3) is 14.2. The van der Waals surface area contributed by atoms with Crippen LogP contribution in [-0.4, -0.2) is 126 Å². The first kappa shape index (κ1) is 53.6. The molecule has 362 valence electrons. The molecule has 1 amide bonds. The normalized spacial score (nSPS) is 40.8. The van der Waals surface area contributed by atoms with Gasteiger partial charge in [-0.25, -0.2) is 4.79 Å². The van der Waals surface area contributed by atoms with Crippen molar-refractivity contribution in [2.45, 2.75) is 186 Å². The van der Waals surface area contributed by atoms with Crippen LogP contribution >= 0.6 is 0 Å². The maximum absolute atomic E-state index is 14.4. The van der Waals surface area contributed by atoms with Crippen LogP contribution in [0.4, 0.5) is 0 Å². The van der Waals surface area contributed by atoms with E-state index in [9.17, 15) is 34.5 Å². The fraction of sp³-hybridized carbons (Fsp3) is 0.765. The van der Waals surface area contributed by atoms with Gasteiger partial charge < -0.3 is 43.9 Å². The van der Waals surface area contributed by atoms with Crippen LogP contribution in [0.3, 0.4) is 0 Å². The van der Waals surface area contributed by atoms with Crippen LogP contribution in [0.5, 0.6) is 0 Å². The summed E-state index contributed by atoms with van der Waals surface area (Å²) in [7, 11) is 4.65. The lowest BCUT2D eigenvalue weighted by Crippen LogP contribution is -2.61. The number of methoxy groups -OCH3 is 3. The van der Waals surface area contributed by atoms with E-state index in [0.717, 1.165) is 18.4 Å². The van der Waals surface area contributed by atoms with Crippen LogP contribution < -0.4 is 0 Å². The molecule has 4 aliphatic rings. The number of esters is 1. The number of allylic oxidation sites excluding steroid dienone is 6. The van der Waals surface area contributed by atoms with Crippen molar-refractivity contribution in [2.75, 3.05) is 27.9 Å². The summed E-state index contributed by atoms with van der Waals surface area (Å²) in [4.78, 5) is 57.8. The zero-order valence-corrected chi connectivity index (χ0v) is 40.4. The molecule has 0 radical (unpaired) electrons. The van der Waals surface area contributed by atoms with Crippen LogP contribution in [-0.2, 0) is 42.9 Å². The van der Waals surface area contributed by atoms with Gasteiger partial charge in [-0.1, -0.05) is 71.1 Å². The maximum Gasteiger partial charge on any atom is 0.329 e. The summed E-state index contributed by atoms with van der Waals surface area (Å²) in [5.41, 5.74) is 1.51. The molecular formula is C51H81NO12. The van der Waals surface area contributed by atoms with Gasteiger partial charge >= 0.3 is 5.97 Å². The lowest BCUT2D eigenvalue weighted by molar-refractivity contribution is -0.265. The van der Waals surface area contributed by atoms with Crippen LogP contribution in [0, 0.1) is 35.5 Å². The number of amides is 1. The Hall–Kier alpha value is -3.04. The minimum atomic E-state index is -2.38. The molecule has 0 aromatic rings. The number of aliphatic hydroxyl groups is 3. The summed E-state index contributed by atoms with van der Waals surface area (Å²) in [5.74, 6) is -6.09. The third-order valence-electron chi connectivity index (χ3n) is 14.5. The second kappa shape index (κ2) is 25.2. The highest BCUT2D eigenvalue weighted by Crippen LogP contribution is 2.38. The van der Waals surface area contributed by atoms with Gasteiger partial charge in [0.25, 0.3) is 11.7 Å². The number of Topliss-reactive ketones (excluding diaryl/α,β-unsaturated/α-hetero) is 2. The zero-order chi connectivity index (χ0) is 47.3. The number of hydrogen-bond donors (Lipinski definition) is 3. The van der Waals surface area contributed by atoms with Gasteiger partial charge in [0.2, 0.25) is 5.79 Å². The number of rotatable bonds is 6. The molecule has 2 saturated heterocycles. The Morgan fingerprint density at radius 3 is 2.23 bits per heavy atom. The van der Waals surface area contributed by atoms with Crippen molar-refractivity contribution in [2.24, 2.45) is 35.5 Å². The molecule has 0 unspecified atom stereocenters. The summed E-state index contributed by atoms with van der Waals surface area (Å²) in [6, 6.07) is -1.02. The van der Waals surface area contributed by atoms with Gasteiger partial charge in [-0.05, 0) is 126 Å². The molecule has 0 spiro atoms. The lowest BCUT2D eigenvalue weighted by Gasteiger charge is -2.42. The van der Waals surface area contributed by atoms with Crippen molar-refractivity contribution in [3.8, 4) is 0 Å². The fourth-order valence-electron chi connectivity index (χ4n) is 10.3. The molecule has 1 saturated carbocycles. The first-order chi connectivity index (χ1) is 30.3. The number of ether oxygens (including phenoxy) is 5. The third-order valence-corrected chi connectivity index (χ3v) is 14.5. The molecule has 2 bridgehead atoms. The molecule has 13 heteroatoms. The van der Waals surface area contributed by atoms with Crippen molar-refractivity contribution < 1.29 is 58.2 Å². The first-order valence-corrected chi connectivity index (χ1v) is 24.0. The molecule has 13 nitrogen and oxygen atoms in total. The quantitative estimate of drug-likeness (QED) is 0.142. The molecule has 3 fully saturated rings. The van der Waals surface area contributed by atoms with E-state index in [1.165, 1.54) is 12.0 Å². The first-order valence-electron chi connectivity index (χ1n) is 24.0. The molecule has 0 aromatic heterocycles. The van der Waals surface area contributed by atoms with E-state index in [4.69, 9.17) is 23.7 Å². The standard InChI is InChI=1S/C51H81NO12/c1-31-16-12-11-13-17-33(3)43(60-8)30-39-22-20-37(7)51(59,64-39)48(56)49(57)52-25-15-14-18-40(52)50(58)63-42(34(4)28-38-21-23-41(53)44(29-38)61-9)24-19-32(2)27-36(6)46(55)47(62-10)45(54)35(5)26-31/h11-13,16-17,27,31-32,34-35,37-44,46-47,53,55,59H,14-15,18-26,28-30H2,1-10H3/b13-11-,16-12+,33-17+,36-27-/t31-,32+,34-,35-,37-,38+,39+,40+,41-,42+,43+,44-,46-,47+,51-/m1/s1. The van der Waals surface area contributed by atoms with E-state index in [0.29, 0.717) is 76.2 Å². The number of carbonyl (C=O) groups excluding carboxylic acids is 4. The Morgan fingerprint density at radius 1 is 0.812 bits per heavy atom. The van der Waals surface area contributed by atoms with Gasteiger partial charge in [-0.15, -0.1) is 0 Å². The van der Waals surface area contributed by atoms with Crippen molar-refractivity contribution in [1.82, 2.24) is 4.90 Å². The van der Waals surface area contributed by atoms with E-state index >= 15 is 0 Å². The summed E-state index contributed by atoms with van der Waals surface area (Å²) in [6.07, 6.45) is 14.5. The summed E-state index contributed by atoms with van der Waals surface area (Å²) in [6.45, 7) is 13.6. The van der Waals surface area contributed by atoms with Crippen LogP contribution in [0.1, 0.15) is 132 Å². The Kier molecular flexibility index (Phi) is 21.1. The molecule has 64 heavy (non-hydrogen) atoms. The molecular weight excluding hydrogens is 819 g/mol. The predicted octanol–water partition coefficient (Wildman–Crippen LogP) is 7.00. The van der Waals surface area contributed by atoms with Crippen molar-refractivity contribution in [3.63, 3.8) is 0 Å². The molecule has 15 atom stereocenters. The Bertz CT molecular complexity index is 1670. The van der Waals surface area contributed by atoms with Crippen LogP contribution in [0.25, 0.3) is 0 Å². The molecule has 3 N–H and O–H groups in total. The number of cyclic esters (lactones) is 1. The zero-order valence-electron chi connectivity index (χ0n) is 40.4. The molecule has 1 aliphatic carbocycles. The van der Waals surface area contributed by atoms with Gasteiger partial charge in [-0.3, -0.25) is 14.4 Å². The summed E-state index contributed by atoms with van der Waals surface area (Å²) >= 11 is 0. The van der Waals surface area contributed by atoms with Gasteiger partial charge in [0.15, 0.2) is 5.78 Å². The Labute approximate surface area is 383 Å². The van der Waals surface area contributed by atoms with E-state index in [-0.39, 0.29) is 48.0 Å². The van der Waals surface area contributed by atoms with Crippen LogP contribution in [0.15, 0.2) is 47.6 Å². The van der Waals surface area contributed by atoms with Crippen LogP contribution in [0.2, 0.25) is 0 Å². The summed E-state index contributed by atoms with van der Waals surface area (Å²) in [5, 5.41) is 33.9. The number of nitrogens with zero attached hydrogens (tertiary/aromatic N) is 1. The summed E-state index contributed by atoms with van der Waals surface area (Å²) < 4.78 is 29.6. The Balaban J connectivity index is 1.67. The SMILES string of the molecule is CO[C@H]1C[C@@H]2CC[C@@H](C)[C@@](O)(O2)C(=O)C(=O)N2CCCC[C@H]2C(=O)O[C@H]([C@H](C)C[C@@H]2CC[C@@H](O)[C@H](OC)C2)CC[C@H](C)/C=C(/C)[C@@H](O)[C@@H](OC)C(=O)[C@H](C)C[C@H](C)/C=C/C=C\C=C\1C. The monoisotopic (exact) mass is 900 g/mol. The van der Waals surface area contributed by atoms with Gasteiger partial charge in [0.1, 0.15) is 24.4 Å². The van der Waals surface area contributed by atoms with Gasteiger partial charge in [-0.2, -0.15) is 0 Å². The minimum Gasteiger partial charge on any atom is -0.461 e. The average Bonchev–Trinajstić information content (AvgIpc) is 3.27. The number of carbonyl (C=O) groups is 4. The number of aliphatic hydroxyl groups excluding tert-OH is 2. The number of ketones is 2. The topological polar surface area (TPSA) is 178 Å². The van der Waals surface area contributed by atoms with E-state index in [1.54, 1.807) is 28.1 Å². The lowest BCUT2D eigenvalue weighted by atomic mass is 9.78. The molecule has 3 heterocycles. The molecule has 3 aliphatic heterocycles. The average molecular weight is 900 g/mol. The second-order valence-electron chi connectivity index (χ2n) is 19.7. The molecule has 4 rings (SSSR count). The van der Waals surface area contributed by atoms with Crippen molar-refractivity contribution >= 4 is 23.4 Å². The van der Waals surface area contributed by atoms with Gasteiger partial charge in [0, 0.05) is 46.1 Å². The van der Waals surface area contributed by atoms with E-state index in [1.807, 2.05) is 64.2 Å².